The van der Waals surface area contributed by atoms with Crippen LogP contribution in [-0.2, 0) is 24.1 Å². The van der Waals surface area contributed by atoms with Gasteiger partial charge in [0.2, 0.25) is 5.91 Å². The molecule has 2 aliphatic carbocycles. The lowest BCUT2D eigenvalue weighted by atomic mass is 9.90. The van der Waals surface area contributed by atoms with Gasteiger partial charge in [-0.25, -0.2) is 0 Å². The molecule has 22 heavy (non-hydrogen) atoms. The highest BCUT2D eigenvalue weighted by molar-refractivity contribution is 5.79. The summed E-state index contributed by atoms with van der Waals surface area (Å²) in [7, 11) is 0. The van der Waals surface area contributed by atoms with Gasteiger partial charge in [-0.1, -0.05) is 31.0 Å². The van der Waals surface area contributed by atoms with Crippen LogP contribution in [0.5, 0.6) is 0 Å². The number of amides is 1. The second-order valence-electron chi connectivity index (χ2n) is 7.32. The molecule has 0 atom stereocenters. The minimum atomic E-state index is 0.313. The van der Waals surface area contributed by atoms with Crippen LogP contribution in [0.15, 0.2) is 18.2 Å². The van der Waals surface area contributed by atoms with Gasteiger partial charge in [0.15, 0.2) is 0 Å². The molecule has 2 aliphatic rings. The Balaban J connectivity index is 1.72. The van der Waals surface area contributed by atoms with Crippen LogP contribution in [0.1, 0.15) is 69.1 Å². The first kappa shape index (κ1) is 15.6. The van der Waals surface area contributed by atoms with E-state index in [2.05, 4.69) is 36.9 Å². The van der Waals surface area contributed by atoms with Gasteiger partial charge in [0, 0.05) is 12.1 Å². The molecule has 1 aromatic rings. The number of nitrogens with zero attached hydrogens (tertiary/aromatic N) is 1. The van der Waals surface area contributed by atoms with Crippen molar-refractivity contribution in [2.24, 2.45) is 0 Å². The number of carbonyl (C=O) groups excluding carboxylic acids is 1. The molecule has 0 saturated heterocycles. The maximum atomic E-state index is 12.8. The Morgan fingerprint density at radius 2 is 1.77 bits per heavy atom. The molecule has 1 fully saturated rings. The van der Waals surface area contributed by atoms with Crippen LogP contribution in [0.2, 0.25) is 0 Å². The van der Waals surface area contributed by atoms with E-state index in [1.165, 1.54) is 68.1 Å². The third-order valence-electron chi connectivity index (χ3n) is 5.33. The number of rotatable bonds is 4. The zero-order chi connectivity index (χ0) is 15.5. The maximum Gasteiger partial charge on any atom is 0.227 e. The lowest BCUT2D eigenvalue weighted by molar-refractivity contribution is -0.134. The fourth-order valence-electron chi connectivity index (χ4n) is 4.26. The Labute approximate surface area is 134 Å². The highest BCUT2D eigenvalue weighted by Gasteiger charge is 2.28. The van der Waals surface area contributed by atoms with Crippen molar-refractivity contribution < 1.29 is 4.79 Å². The molecule has 0 heterocycles. The van der Waals surface area contributed by atoms with Gasteiger partial charge < -0.3 is 4.90 Å². The lowest BCUT2D eigenvalue weighted by Gasteiger charge is -2.33. The molecule has 0 radical (unpaired) electrons. The summed E-state index contributed by atoms with van der Waals surface area (Å²) in [6, 6.07) is 7.51. The van der Waals surface area contributed by atoms with E-state index in [-0.39, 0.29) is 0 Å². The summed E-state index contributed by atoms with van der Waals surface area (Å²) < 4.78 is 0. The molecule has 3 rings (SSSR count). The van der Waals surface area contributed by atoms with E-state index in [9.17, 15) is 4.79 Å². The summed E-state index contributed by atoms with van der Waals surface area (Å²) in [6.07, 6.45) is 10.5. The minimum Gasteiger partial charge on any atom is -0.337 e. The van der Waals surface area contributed by atoms with Crippen molar-refractivity contribution >= 4 is 5.91 Å². The number of fused-ring (bicyclic) bond motifs is 1. The Hall–Kier alpha value is -1.31. The molecule has 0 aromatic heterocycles. The van der Waals surface area contributed by atoms with Crippen LogP contribution in [0.25, 0.3) is 0 Å². The third-order valence-corrected chi connectivity index (χ3v) is 5.33. The summed E-state index contributed by atoms with van der Waals surface area (Å²) >= 11 is 0. The summed E-state index contributed by atoms with van der Waals surface area (Å²) in [5.41, 5.74) is 4.18. The first-order valence-electron chi connectivity index (χ1n) is 9.07. The molecule has 1 aromatic carbocycles. The summed E-state index contributed by atoms with van der Waals surface area (Å²) in [5, 5.41) is 0. The first-order chi connectivity index (χ1) is 10.6. The quantitative estimate of drug-likeness (QED) is 0.812. The van der Waals surface area contributed by atoms with Gasteiger partial charge >= 0.3 is 0 Å². The number of benzene rings is 1. The summed E-state index contributed by atoms with van der Waals surface area (Å²) in [6.45, 7) is 4.31. The second kappa shape index (κ2) is 6.85. The highest BCUT2D eigenvalue weighted by Crippen LogP contribution is 2.27. The molecule has 0 N–H and O–H groups in total. The first-order valence-corrected chi connectivity index (χ1v) is 9.07. The molecule has 0 bridgehead atoms. The van der Waals surface area contributed by atoms with Gasteiger partial charge in [0.1, 0.15) is 0 Å². The van der Waals surface area contributed by atoms with Crippen LogP contribution in [0.4, 0.5) is 0 Å². The molecule has 0 spiro atoms. The van der Waals surface area contributed by atoms with Crippen molar-refractivity contribution in [1.82, 2.24) is 4.90 Å². The van der Waals surface area contributed by atoms with E-state index >= 15 is 0 Å². The highest BCUT2D eigenvalue weighted by atomic mass is 16.2. The van der Waals surface area contributed by atoms with Crippen molar-refractivity contribution in [2.75, 3.05) is 0 Å². The van der Waals surface area contributed by atoms with Crippen LogP contribution >= 0.6 is 0 Å². The van der Waals surface area contributed by atoms with E-state index < -0.39 is 0 Å². The standard InChI is InChI=1S/C20H29NO/c1-15(2)21(19-9-5-6-10-19)20(22)14-16-11-12-17-7-3-4-8-18(17)13-16/h11-13,15,19H,3-10,14H2,1-2H3. The van der Waals surface area contributed by atoms with E-state index in [4.69, 9.17) is 0 Å². The predicted molar refractivity (Wildman–Crippen MR) is 91.0 cm³/mol. The Kier molecular flexibility index (Phi) is 4.85. The molecule has 120 valence electrons. The van der Waals surface area contributed by atoms with Crippen molar-refractivity contribution in [1.29, 1.82) is 0 Å². The number of aryl methyl sites for hydroxylation is 2. The number of hydrogen-bond acceptors (Lipinski definition) is 1. The van der Waals surface area contributed by atoms with E-state index in [1.54, 1.807) is 0 Å². The smallest absolute Gasteiger partial charge is 0.227 e. The summed E-state index contributed by atoms with van der Waals surface area (Å²) in [5.74, 6) is 0.317. The zero-order valence-electron chi connectivity index (χ0n) is 14.1. The maximum absolute atomic E-state index is 12.8. The molecule has 2 heteroatoms. The predicted octanol–water partition coefficient (Wildman–Crippen LogP) is 4.29. The number of carbonyl (C=O) groups is 1. The van der Waals surface area contributed by atoms with Crippen LogP contribution < -0.4 is 0 Å². The van der Waals surface area contributed by atoms with Crippen molar-refractivity contribution in [3.05, 3.63) is 34.9 Å². The number of hydrogen-bond donors (Lipinski definition) is 0. The van der Waals surface area contributed by atoms with Crippen molar-refractivity contribution in [3.8, 4) is 0 Å². The average Bonchev–Trinajstić information content (AvgIpc) is 3.00. The summed E-state index contributed by atoms with van der Waals surface area (Å²) in [4.78, 5) is 15.0. The Bertz CT molecular complexity index is 529. The molecule has 1 amide bonds. The lowest BCUT2D eigenvalue weighted by Crippen LogP contribution is -2.44. The SMILES string of the molecule is CC(C)N(C(=O)Cc1ccc2c(c1)CCCC2)C1CCCC1. The Morgan fingerprint density at radius 3 is 2.45 bits per heavy atom. The van der Waals surface area contributed by atoms with Crippen molar-refractivity contribution in [2.45, 2.75) is 83.7 Å². The average molecular weight is 299 g/mol. The van der Waals surface area contributed by atoms with E-state index in [1.807, 2.05) is 0 Å². The van der Waals surface area contributed by atoms with Gasteiger partial charge in [-0.15, -0.1) is 0 Å². The molecule has 1 saturated carbocycles. The molecule has 0 aliphatic heterocycles. The van der Waals surface area contributed by atoms with Crippen LogP contribution in [-0.4, -0.2) is 22.9 Å². The topological polar surface area (TPSA) is 20.3 Å². The largest absolute Gasteiger partial charge is 0.337 e. The minimum absolute atomic E-state index is 0.313. The molecular weight excluding hydrogens is 270 g/mol. The van der Waals surface area contributed by atoms with Gasteiger partial charge in [-0.05, 0) is 69.1 Å². The van der Waals surface area contributed by atoms with Gasteiger partial charge in [0.05, 0.1) is 6.42 Å². The van der Waals surface area contributed by atoms with Crippen LogP contribution in [0.3, 0.4) is 0 Å². The normalized spacial score (nSPS) is 18.5. The molecule has 0 unspecified atom stereocenters. The fraction of sp³-hybridized carbons (Fsp3) is 0.650. The zero-order valence-corrected chi connectivity index (χ0v) is 14.1. The molecule has 2 nitrogen and oxygen atoms in total. The monoisotopic (exact) mass is 299 g/mol. The van der Waals surface area contributed by atoms with Crippen molar-refractivity contribution in [3.63, 3.8) is 0 Å². The Morgan fingerprint density at radius 1 is 1.09 bits per heavy atom. The van der Waals surface area contributed by atoms with E-state index in [0.29, 0.717) is 24.4 Å². The van der Waals surface area contributed by atoms with Crippen LogP contribution in [0, 0.1) is 0 Å². The molecular formula is C20H29NO. The fourth-order valence-corrected chi connectivity index (χ4v) is 4.26. The van der Waals surface area contributed by atoms with Gasteiger partial charge in [-0.2, -0.15) is 0 Å². The third kappa shape index (κ3) is 3.37. The second-order valence-corrected chi connectivity index (χ2v) is 7.32. The van der Waals surface area contributed by atoms with Gasteiger partial charge in [-0.3, -0.25) is 4.79 Å². The van der Waals surface area contributed by atoms with E-state index in [0.717, 1.165) is 0 Å². The van der Waals surface area contributed by atoms with Gasteiger partial charge in [0.25, 0.3) is 0 Å².